The summed E-state index contributed by atoms with van der Waals surface area (Å²) in [6, 6.07) is 15.6. The Balaban J connectivity index is 1.61. The average Bonchev–Trinajstić information content (AvgIpc) is 3.20. The lowest BCUT2D eigenvalue weighted by Gasteiger charge is -2.21. The molecule has 2 aromatic heterocycles. The molecule has 4 aromatic rings. The second-order valence-electron chi connectivity index (χ2n) is 8.04. The molecule has 0 fully saturated rings. The van der Waals surface area contributed by atoms with E-state index in [1.54, 1.807) is 41.9 Å². The third-order valence-electron chi connectivity index (χ3n) is 5.89. The van der Waals surface area contributed by atoms with Crippen LogP contribution in [-0.2, 0) is 18.7 Å². The highest BCUT2D eigenvalue weighted by Crippen LogP contribution is 2.34. The van der Waals surface area contributed by atoms with Gasteiger partial charge in [-0.2, -0.15) is 0 Å². The molecule has 0 aliphatic carbocycles. The highest BCUT2D eigenvalue weighted by molar-refractivity contribution is 7.98. The summed E-state index contributed by atoms with van der Waals surface area (Å²) < 4.78 is 12.3. The monoisotopic (exact) mass is 479 g/mol. The molecule has 0 bridgehead atoms. The summed E-state index contributed by atoms with van der Waals surface area (Å²) >= 11 is 3.22. The average molecular weight is 480 g/mol. The number of hydrogen-bond acceptors (Lipinski definition) is 7. The van der Waals surface area contributed by atoms with Crippen molar-refractivity contribution in [3.63, 3.8) is 0 Å². The molecular formula is C25H25N3O3S2. The lowest BCUT2D eigenvalue weighted by atomic mass is 10.1. The van der Waals surface area contributed by atoms with Gasteiger partial charge < -0.3 is 14.4 Å². The molecule has 1 aliphatic rings. The number of hydrogen-bond donors (Lipinski definition) is 0. The van der Waals surface area contributed by atoms with Gasteiger partial charge in [0.15, 0.2) is 5.16 Å². The second kappa shape index (κ2) is 9.21. The second-order valence-corrected chi connectivity index (χ2v) is 10.1. The first-order valence-corrected chi connectivity index (χ1v) is 12.5. The molecule has 0 spiro atoms. The maximum absolute atomic E-state index is 13.9. The Morgan fingerprint density at radius 2 is 1.70 bits per heavy atom. The largest absolute Gasteiger partial charge is 0.497 e. The van der Waals surface area contributed by atoms with E-state index in [9.17, 15) is 4.79 Å². The first-order valence-electron chi connectivity index (χ1n) is 10.7. The van der Waals surface area contributed by atoms with Gasteiger partial charge in [-0.1, -0.05) is 23.9 Å². The van der Waals surface area contributed by atoms with Crippen molar-refractivity contribution in [2.75, 3.05) is 27.8 Å². The highest BCUT2D eigenvalue weighted by atomic mass is 32.2. The highest BCUT2D eigenvalue weighted by Gasteiger charge is 2.24. The molecule has 0 unspecified atom stereocenters. The molecule has 0 atom stereocenters. The van der Waals surface area contributed by atoms with E-state index in [4.69, 9.17) is 14.5 Å². The number of thioether (sulfide) groups is 1. The predicted octanol–water partition coefficient (Wildman–Crippen LogP) is 4.74. The van der Waals surface area contributed by atoms with E-state index in [0.29, 0.717) is 10.9 Å². The first-order chi connectivity index (χ1) is 16.1. The summed E-state index contributed by atoms with van der Waals surface area (Å²) in [6.45, 7) is 1.82. The van der Waals surface area contributed by atoms with Gasteiger partial charge in [0, 0.05) is 23.7 Å². The van der Waals surface area contributed by atoms with E-state index >= 15 is 0 Å². The molecule has 3 heterocycles. The zero-order valence-electron chi connectivity index (χ0n) is 18.8. The van der Waals surface area contributed by atoms with Gasteiger partial charge in [-0.25, -0.2) is 4.98 Å². The minimum atomic E-state index is 0.00412. The van der Waals surface area contributed by atoms with Gasteiger partial charge >= 0.3 is 0 Å². The van der Waals surface area contributed by atoms with Crippen molar-refractivity contribution in [3.05, 3.63) is 74.9 Å². The molecule has 0 N–H and O–H groups in total. The van der Waals surface area contributed by atoms with E-state index in [0.717, 1.165) is 52.5 Å². The molecular weight excluding hydrogens is 454 g/mol. The number of methoxy groups -OCH3 is 2. The summed E-state index contributed by atoms with van der Waals surface area (Å²) in [7, 11) is 5.42. The van der Waals surface area contributed by atoms with Crippen LogP contribution < -0.4 is 15.0 Å². The smallest absolute Gasteiger partial charge is 0.267 e. The summed E-state index contributed by atoms with van der Waals surface area (Å²) in [4.78, 5) is 23.3. The van der Waals surface area contributed by atoms with Gasteiger partial charge in [-0.3, -0.25) is 9.36 Å². The lowest BCUT2D eigenvalue weighted by Crippen LogP contribution is -2.27. The number of ether oxygens (including phenoxy) is 2. The fourth-order valence-electron chi connectivity index (χ4n) is 4.08. The van der Waals surface area contributed by atoms with Crippen LogP contribution in [0.15, 0.2) is 58.5 Å². The van der Waals surface area contributed by atoms with Crippen LogP contribution in [-0.4, -0.2) is 42.3 Å². The maximum atomic E-state index is 13.9. The standard InChI is InChI=1S/C25H25N3O3S2/c1-27-13-12-20-21(14-27)33-23-22(20)24(29)28(17-6-10-19(31-3)11-7-17)25(26-23)32-15-16-4-8-18(30-2)9-5-16/h4-11H,12-15H2,1-3H3. The zero-order valence-corrected chi connectivity index (χ0v) is 20.5. The van der Waals surface area contributed by atoms with E-state index in [2.05, 4.69) is 11.9 Å². The molecule has 0 saturated carbocycles. The predicted molar refractivity (Wildman–Crippen MR) is 134 cm³/mol. The molecule has 2 aromatic carbocycles. The number of rotatable bonds is 6. The van der Waals surface area contributed by atoms with Gasteiger partial charge in [0.05, 0.1) is 25.3 Å². The van der Waals surface area contributed by atoms with Gasteiger partial charge in [-0.15, -0.1) is 11.3 Å². The Morgan fingerprint density at radius 1 is 1.03 bits per heavy atom. The fourth-order valence-corrected chi connectivity index (χ4v) is 6.39. The Morgan fingerprint density at radius 3 is 2.36 bits per heavy atom. The van der Waals surface area contributed by atoms with Crippen molar-refractivity contribution in [2.45, 2.75) is 23.9 Å². The topological polar surface area (TPSA) is 56.6 Å². The van der Waals surface area contributed by atoms with Gasteiger partial charge in [0.25, 0.3) is 5.56 Å². The first kappa shape index (κ1) is 22.0. The van der Waals surface area contributed by atoms with Crippen LogP contribution in [0.3, 0.4) is 0 Å². The minimum Gasteiger partial charge on any atom is -0.497 e. The van der Waals surface area contributed by atoms with Crippen molar-refractivity contribution in [2.24, 2.45) is 0 Å². The Kier molecular flexibility index (Phi) is 6.14. The third-order valence-corrected chi connectivity index (χ3v) is 8.01. The van der Waals surface area contributed by atoms with Crippen molar-refractivity contribution in [1.82, 2.24) is 14.5 Å². The summed E-state index contributed by atoms with van der Waals surface area (Å²) in [5, 5.41) is 1.47. The number of thiophene rings is 1. The molecule has 0 amide bonds. The van der Waals surface area contributed by atoms with Crippen molar-refractivity contribution >= 4 is 33.3 Å². The normalized spacial score (nSPS) is 13.8. The Hall–Kier alpha value is -2.81. The van der Waals surface area contributed by atoms with Crippen LogP contribution in [0, 0.1) is 0 Å². The van der Waals surface area contributed by atoms with Crippen LogP contribution in [0.2, 0.25) is 0 Å². The van der Waals surface area contributed by atoms with Crippen molar-refractivity contribution in [1.29, 1.82) is 0 Å². The molecule has 33 heavy (non-hydrogen) atoms. The third kappa shape index (κ3) is 4.26. The molecule has 6 nitrogen and oxygen atoms in total. The molecule has 1 aliphatic heterocycles. The van der Waals surface area contributed by atoms with Gasteiger partial charge in [0.1, 0.15) is 16.3 Å². The summed E-state index contributed by atoms with van der Waals surface area (Å²) in [5.41, 5.74) is 3.10. The fraction of sp³-hybridized carbons (Fsp3) is 0.280. The summed E-state index contributed by atoms with van der Waals surface area (Å²) in [5.74, 6) is 2.28. The zero-order chi connectivity index (χ0) is 22.9. The van der Waals surface area contributed by atoms with Crippen LogP contribution in [0.1, 0.15) is 16.0 Å². The number of nitrogens with zero attached hydrogens (tertiary/aromatic N) is 3. The van der Waals surface area contributed by atoms with E-state index < -0.39 is 0 Å². The number of likely N-dealkylation sites (N-methyl/N-ethyl adjacent to an activating group) is 1. The lowest BCUT2D eigenvalue weighted by molar-refractivity contribution is 0.318. The Bertz CT molecular complexity index is 1340. The Labute approximate surface area is 200 Å². The number of benzene rings is 2. The number of fused-ring (bicyclic) bond motifs is 3. The van der Waals surface area contributed by atoms with Gasteiger partial charge in [-0.05, 0) is 61.0 Å². The van der Waals surface area contributed by atoms with E-state index in [1.165, 1.54) is 10.4 Å². The molecule has 170 valence electrons. The van der Waals surface area contributed by atoms with Crippen LogP contribution in [0.5, 0.6) is 11.5 Å². The molecule has 0 saturated heterocycles. The summed E-state index contributed by atoms with van der Waals surface area (Å²) in [6.07, 6.45) is 0.879. The van der Waals surface area contributed by atoms with E-state index in [-0.39, 0.29) is 5.56 Å². The number of aromatic nitrogens is 2. The molecule has 8 heteroatoms. The van der Waals surface area contributed by atoms with Crippen LogP contribution >= 0.6 is 23.1 Å². The molecule has 5 rings (SSSR count). The quantitative estimate of drug-likeness (QED) is 0.294. The minimum absolute atomic E-state index is 0.00412. The molecule has 0 radical (unpaired) electrons. The van der Waals surface area contributed by atoms with E-state index in [1.807, 2.05) is 48.5 Å². The van der Waals surface area contributed by atoms with Crippen LogP contribution in [0.4, 0.5) is 0 Å². The SMILES string of the molecule is COc1ccc(CSc2nc3sc4c(c3c(=O)n2-c2ccc(OC)cc2)CCN(C)C4)cc1. The maximum Gasteiger partial charge on any atom is 0.267 e. The van der Waals surface area contributed by atoms with Crippen molar-refractivity contribution < 1.29 is 9.47 Å². The van der Waals surface area contributed by atoms with Crippen LogP contribution in [0.25, 0.3) is 15.9 Å². The van der Waals surface area contributed by atoms with Gasteiger partial charge in [0.2, 0.25) is 0 Å². The van der Waals surface area contributed by atoms with Crippen molar-refractivity contribution in [3.8, 4) is 17.2 Å².